The van der Waals surface area contributed by atoms with Gasteiger partial charge in [0.05, 0.1) is 0 Å². The van der Waals surface area contributed by atoms with E-state index in [-0.39, 0.29) is 19.9 Å². The molecule has 51 heavy (non-hydrogen) atoms. The van der Waals surface area contributed by atoms with Crippen LogP contribution in [0.15, 0.2) is 164 Å². The normalized spacial score (nSPS) is 12.2. The first-order chi connectivity index (χ1) is 25.0. The number of rotatable bonds is 3. The predicted molar refractivity (Wildman–Crippen MR) is 223 cm³/mol. The molecule has 10 aromatic rings. The maximum atomic E-state index is 2.49. The average Bonchev–Trinajstić information content (AvgIpc) is 3.54. The van der Waals surface area contributed by atoms with Crippen LogP contribution in [0.3, 0.4) is 0 Å². The maximum absolute atomic E-state index is 2.49. The monoisotopic (exact) mass is 716 g/mol. The van der Waals surface area contributed by atoms with Gasteiger partial charge in [-0.15, -0.1) is 0 Å². The fourth-order valence-electron chi connectivity index (χ4n) is 8.73. The molecule has 0 unspecified atom stereocenters. The van der Waals surface area contributed by atoms with E-state index in [0.717, 1.165) is 0 Å². The van der Waals surface area contributed by atoms with Crippen molar-refractivity contribution in [3.8, 4) is 33.4 Å². The van der Waals surface area contributed by atoms with Gasteiger partial charge in [-0.05, 0) is 0 Å². The molecular weight excluding hydrogens is 680 g/mol. The Hall–Kier alpha value is -5.46. The minimum absolute atomic E-state index is 0.0151. The van der Waals surface area contributed by atoms with Gasteiger partial charge in [-0.1, -0.05) is 0 Å². The van der Waals surface area contributed by atoms with Crippen molar-refractivity contribution in [2.75, 3.05) is 0 Å². The summed E-state index contributed by atoms with van der Waals surface area (Å²) in [6.45, 7) is 7.03. The fourth-order valence-corrected chi connectivity index (χ4v) is 11.3. The molecular formula is C50H36Se. The van der Waals surface area contributed by atoms with Crippen LogP contribution >= 0.6 is 0 Å². The van der Waals surface area contributed by atoms with Crippen LogP contribution in [0.25, 0.3) is 95.8 Å². The van der Waals surface area contributed by atoms with Crippen molar-refractivity contribution in [1.82, 2.24) is 0 Å². The third kappa shape index (κ3) is 4.66. The van der Waals surface area contributed by atoms with Gasteiger partial charge in [0.2, 0.25) is 0 Å². The molecule has 0 saturated heterocycles. The molecule has 0 fully saturated rings. The summed E-state index contributed by atoms with van der Waals surface area (Å²) in [5, 5.41) is 13.4. The Bertz CT molecular complexity index is 2880. The first kappa shape index (κ1) is 30.4. The Kier molecular flexibility index (Phi) is 6.87. The molecule has 0 nitrogen and oxygen atoms in total. The van der Waals surface area contributed by atoms with Gasteiger partial charge in [0, 0.05) is 0 Å². The quantitative estimate of drug-likeness (QED) is 0.126. The summed E-state index contributed by atoms with van der Waals surface area (Å²) in [5.74, 6) is 0. The Morgan fingerprint density at radius 1 is 0.353 bits per heavy atom. The molecule has 0 aliphatic rings. The second-order valence-corrected chi connectivity index (χ2v) is 17.0. The van der Waals surface area contributed by atoms with E-state index in [0.29, 0.717) is 0 Å². The minimum atomic E-state index is 0.0151. The van der Waals surface area contributed by atoms with E-state index in [4.69, 9.17) is 0 Å². The molecule has 0 radical (unpaired) electrons. The summed E-state index contributed by atoms with van der Waals surface area (Å²) < 4.78 is 2.95. The molecule has 1 heteroatoms. The van der Waals surface area contributed by atoms with Gasteiger partial charge in [0.1, 0.15) is 0 Å². The summed E-state index contributed by atoms with van der Waals surface area (Å²) in [4.78, 5) is 0. The van der Waals surface area contributed by atoms with Crippen molar-refractivity contribution in [1.29, 1.82) is 0 Å². The first-order valence-electron chi connectivity index (χ1n) is 17.9. The van der Waals surface area contributed by atoms with Crippen molar-refractivity contribution in [2.24, 2.45) is 0 Å². The Balaban J connectivity index is 1.26. The zero-order valence-corrected chi connectivity index (χ0v) is 30.7. The van der Waals surface area contributed by atoms with Crippen molar-refractivity contribution in [2.45, 2.75) is 26.2 Å². The van der Waals surface area contributed by atoms with E-state index in [1.165, 1.54) is 101 Å². The van der Waals surface area contributed by atoms with Crippen LogP contribution < -0.4 is 0 Å². The van der Waals surface area contributed by atoms with E-state index in [9.17, 15) is 0 Å². The summed E-state index contributed by atoms with van der Waals surface area (Å²) in [7, 11) is 0. The van der Waals surface area contributed by atoms with Crippen molar-refractivity contribution >= 4 is 76.9 Å². The predicted octanol–water partition coefficient (Wildman–Crippen LogP) is 14.0. The third-order valence-corrected chi connectivity index (χ3v) is 13.3. The van der Waals surface area contributed by atoms with E-state index in [1.54, 1.807) is 0 Å². The molecule has 9 aromatic carbocycles. The van der Waals surface area contributed by atoms with E-state index < -0.39 is 0 Å². The van der Waals surface area contributed by atoms with Gasteiger partial charge in [-0.3, -0.25) is 0 Å². The summed E-state index contributed by atoms with van der Waals surface area (Å²) >= 11 is 0.181. The SMILES string of the molecule is CC(C)(C)c1c2ccccc2c(-c2ccc3[se]c4c(-c5c6ccccc6c(-c6ccccc6)c6ccccc56)cccc4c3c2)c2ccccc12. The van der Waals surface area contributed by atoms with E-state index in [1.807, 2.05) is 0 Å². The van der Waals surface area contributed by atoms with Crippen LogP contribution in [0, 0.1) is 0 Å². The van der Waals surface area contributed by atoms with Gasteiger partial charge in [0.25, 0.3) is 0 Å². The van der Waals surface area contributed by atoms with E-state index >= 15 is 0 Å². The first-order valence-corrected chi connectivity index (χ1v) is 19.6. The Morgan fingerprint density at radius 2 is 0.804 bits per heavy atom. The van der Waals surface area contributed by atoms with Gasteiger partial charge >= 0.3 is 306 Å². The van der Waals surface area contributed by atoms with Crippen molar-refractivity contribution in [3.63, 3.8) is 0 Å². The summed E-state index contributed by atoms with van der Waals surface area (Å²) in [6, 6.07) is 61.3. The Labute approximate surface area is 304 Å². The van der Waals surface area contributed by atoms with Crippen LogP contribution in [0.1, 0.15) is 26.3 Å². The molecule has 0 spiro atoms. The third-order valence-electron chi connectivity index (χ3n) is 10.7. The van der Waals surface area contributed by atoms with Crippen LogP contribution in [0.5, 0.6) is 0 Å². The van der Waals surface area contributed by atoms with Gasteiger partial charge in [0.15, 0.2) is 0 Å². The molecule has 0 N–H and O–H groups in total. The number of benzene rings is 9. The number of hydrogen-bond donors (Lipinski definition) is 0. The van der Waals surface area contributed by atoms with Crippen LogP contribution in [-0.4, -0.2) is 14.5 Å². The van der Waals surface area contributed by atoms with Crippen LogP contribution in [0.2, 0.25) is 0 Å². The molecule has 1 heterocycles. The standard InChI is InChI=1S/C50H36Se/c1-50(2,3)48-39-24-13-11-22-37(39)46(38-23-12-14-25-40(38)48)32-28-29-44-43(30-32)41-26-15-27-42(49(41)51-44)47-35-20-9-7-18-33(35)45(31-16-5-4-6-17-31)34-19-8-10-21-36(34)47/h4-30H,1-3H3. The molecule has 0 bridgehead atoms. The summed E-state index contributed by atoms with van der Waals surface area (Å²) in [5.41, 5.74) is 9.35. The Morgan fingerprint density at radius 3 is 1.35 bits per heavy atom. The molecule has 242 valence electrons. The molecule has 0 aliphatic heterocycles. The van der Waals surface area contributed by atoms with E-state index in [2.05, 4.69) is 185 Å². The fraction of sp³-hybridized carbons (Fsp3) is 0.0800. The zero-order chi connectivity index (χ0) is 34.3. The second-order valence-electron chi connectivity index (χ2n) is 14.8. The molecule has 0 saturated carbocycles. The number of fused-ring (bicyclic) bond motifs is 7. The second kappa shape index (κ2) is 11.5. The van der Waals surface area contributed by atoms with Gasteiger partial charge < -0.3 is 0 Å². The van der Waals surface area contributed by atoms with Gasteiger partial charge in [-0.25, -0.2) is 0 Å². The average molecular weight is 716 g/mol. The van der Waals surface area contributed by atoms with Crippen molar-refractivity contribution in [3.05, 3.63) is 169 Å². The molecule has 1 aromatic heterocycles. The molecule has 10 rings (SSSR count). The van der Waals surface area contributed by atoms with Crippen molar-refractivity contribution < 1.29 is 0 Å². The molecule has 0 aliphatic carbocycles. The summed E-state index contributed by atoms with van der Waals surface area (Å²) in [6.07, 6.45) is 0. The van der Waals surface area contributed by atoms with Crippen LogP contribution in [0.4, 0.5) is 0 Å². The topological polar surface area (TPSA) is 0 Å². The molecule has 0 atom stereocenters. The zero-order valence-electron chi connectivity index (χ0n) is 29.0. The van der Waals surface area contributed by atoms with Gasteiger partial charge in [-0.2, -0.15) is 0 Å². The van der Waals surface area contributed by atoms with Crippen LogP contribution in [-0.2, 0) is 5.41 Å². The molecule has 0 amide bonds. The number of hydrogen-bond acceptors (Lipinski definition) is 0.